The number of carbonyl (C=O) groups is 1. The van der Waals surface area contributed by atoms with Gasteiger partial charge in [-0.15, -0.1) is 4.37 Å². The van der Waals surface area contributed by atoms with Gasteiger partial charge >= 0.3 is 6.16 Å². The van der Waals surface area contributed by atoms with Gasteiger partial charge in [0.05, 0.1) is 38.5 Å². The summed E-state index contributed by atoms with van der Waals surface area (Å²) in [6.07, 6.45) is 19.4. The molecule has 1 aliphatic heterocycles. The number of rotatable bonds is 20. The summed E-state index contributed by atoms with van der Waals surface area (Å²) in [5.41, 5.74) is 1.94. The van der Waals surface area contributed by atoms with E-state index in [9.17, 15) is 4.79 Å². The van der Waals surface area contributed by atoms with Gasteiger partial charge < -0.3 is 14.2 Å². The average Bonchev–Trinajstić information content (AvgIpc) is 3.36. The molecule has 2 atom stereocenters. The summed E-state index contributed by atoms with van der Waals surface area (Å²) in [5, 5.41) is 0. The molecule has 1 aliphatic rings. The maximum Gasteiger partial charge on any atom is 0.512 e. The molecule has 1 aromatic rings. The molecule has 2 heterocycles. The molecule has 0 aliphatic carbocycles. The molecule has 7 nitrogen and oxygen atoms in total. The molecule has 0 radical (unpaired) electrons. The zero-order valence-electron chi connectivity index (χ0n) is 24.0. The van der Waals surface area contributed by atoms with Crippen molar-refractivity contribution in [1.29, 1.82) is 0 Å². The normalized spacial score (nSPS) is 18.3. The lowest BCUT2D eigenvalue weighted by Gasteiger charge is -2.41. The van der Waals surface area contributed by atoms with Crippen molar-refractivity contribution in [2.75, 3.05) is 33.4 Å². The lowest BCUT2D eigenvalue weighted by Crippen LogP contribution is -2.55. The molecule has 2 unspecified atom stereocenters. The number of hydrogen-bond acceptors (Lipinski definition) is 7. The molecule has 2 rings (SSSR count). The minimum atomic E-state index is -0.565. The number of hydrogen-bond donors (Lipinski definition) is 0. The lowest BCUT2D eigenvalue weighted by molar-refractivity contribution is -0.944. The number of ether oxygens (including phenoxy) is 3. The van der Waals surface area contributed by atoms with Crippen molar-refractivity contribution in [3.63, 3.8) is 0 Å². The van der Waals surface area contributed by atoms with Gasteiger partial charge in [-0.3, -0.25) is 4.48 Å². The minimum Gasteiger partial charge on any atom is -0.475 e. The van der Waals surface area contributed by atoms with E-state index in [1.807, 2.05) is 6.92 Å². The highest BCUT2D eigenvalue weighted by molar-refractivity contribution is 6.99. The van der Waals surface area contributed by atoms with Crippen molar-refractivity contribution in [3.05, 3.63) is 11.8 Å². The van der Waals surface area contributed by atoms with E-state index in [2.05, 4.69) is 35.7 Å². The Kier molecular flexibility index (Phi) is 15.8. The van der Waals surface area contributed by atoms with E-state index in [1.54, 1.807) is 0 Å². The van der Waals surface area contributed by atoms with Gasteiger partial charge in [0, 0.05) is 18.9 Å². The first-order valence-corrected chi connectivity index (χ1v) is 15.6. The molecule has 0 bridgehead atoms. The summed E-state index contributed by atoms with van der Waals surface area (Å²) in [4.78, 5) is 12.3. The van der Waals surface area contributed by atoms with Crippen molar-refractivity contribution in [2.24, 2.45) is 0 Å². The number of likely N-dealkylation sites (N-methyl/N-ethyl adjacent to an activating group) is 1. The van der Waals surface area contributed by atoms with Crippen LogP contribution in [0.5, 0.6) is 5.88 Å². The van der Waals surface area contributed by atoms with Crippen LogP contribution in [0.3, 0.4) is 0 Å². The SMILES string of the molecule is CCCCCCCCCCCCOC(=O)OC(C)[N+]1(C)CCC=C(c2nsnc2OCCCCCC)C1. The summed E-state index contributed by atoms with van der Waals surface area (Å²) < 4.78 is 26.5. The molecular formula is C29H52N3O4S+. The van der Waals surface area contributed by atoms with Crippen LogP contribution in [0.25, 0.3) is 5.57 Å². The molecule has 0 fully saturated rings. The maximum absolute atomic E-state index is 12.3. The molecule has 0 spiro atoms. The number of aromatic nitrogens is 2. The molecule has 0 N–H and O–H groups in total. The molecule has 8 heteroatoms. The van der Waals surface area contributed by atoms with Crippen LogP contribution in [0.2, 0.25) is 0 Å². The van der Waals surface area contributed by atoms with Crippen molar-refractivity contribution in [2.45, 2.75) is 123 Å². The highest BCUT2D eigenvalue weighted by Gasteiger charge is 2.37. The Morgan fingerprint density at radius 2 is 1.51 bits per heavy atom. The van der Waals surface area contributed by atoms with Crippen molar-refractivity contribution >= 4 is 23.5 Å². The lowest BCUT2D eigenvalue weighted by atomic mass is 10.0. The zero-order valence-corrected chi connectivity index (χ0v) is 24.8. The fraction of sp³-hybridized carbons (Fsp3) is 0.828. The summed E-state index contributed by atoms with van der Waals surface area (Å²) in [7, 11) is 2.12. The number of carbonyl (C=O) groups excluding carboxylic acids is 1. The van der Waals surface area contributed by atoms with Gasteiger partial charge in [-0.25, -0.2) is 4.79 Å². The van der Waals surface area contributed by atoms with E-state index in [4.69, 9.17) is 14.2 Å². The third-order valence-corrected chi connectivity index (χ3v) is 7.94. The number of quaternary nitrogens is 1. The Bertz CT molecular complexity index is 785. The fourth-order valence-corrected chi connectivity index (χ4v) is 5.29. The summed E-state index contributed by atoms with van der Waals surface area (Å²) in [5.74, 6) is 0.630. The highest BCUT2D eigenvalue weighted by Crippen LogP contribution is 2.31. The van der Waals surface area contributed by atoms with Gasteiger partial charge in [-0.05, 0) is 12.8 Å². The Labute approximate surface area is 229 Å². The van der Waals surface area contributed by atoms with Gasteiger partial charge in [-0.2, -0.15) is 4.37 Å². The molecular weight excluding hydrogens is 486 g/mol. The molecule has 0 amide bonds. The number of unbranched alkanes of at least 4 members (excludes halogenated alkanes) is 12. The third-order valence-electron chi connectivity index (χ3n) is 7.42. The summed E-state index contributed by atoms with van der Waals surface area (Å²) in [6, 6.07) is 0. The second kappa shape index (κ2) is 18.6. The highest BCUT2D eigenvalue weighted by atomic mass is 32.1. The Balaban J connectivity index is 1.67. The molecule has 1 aromatic heterocycles. The molecule has 0 saturated carbocycles. The molecule has 37 heavy (non-hydrogen) atoms. The first kappa shape index (κ1) is 31.5. The van der Waals surface area contributed by atoms with Crippen LogP contribution in [-0.4, -0.2) is 59.0 Å². The molecule has 0 saturated heterocycles. The van der Waals surface area contributed by atoms with Crippen LogP contribution in [-0.2, 0) is 9.47 Å². The molecule has 212 valence electrons. The monoisotopic (exact) mass is 538 g/mol. The van der Waals surface area contributed by atoms with E-state index < -0.39 is 6.16 Å². The van der Waals surface area contributed by atoms with Crippen LogP contribution in [0, 0.1) is 0 Å². The van der Waals surface area contributed by atoms with Gasteiger partial charge in [0.2, 0.25) is 6.23 Å². The Morgan fingerprint density at radius 3 is 2.19 bits per heavy atom. The van der Waals surface area contributed by atoms with E-state index in [1.165, 1.54) is 82.4 Å². The molecule has 0 aromatic carbocycles. The topological polar surface area (TPSA) is 70.5 Å². The van der Waals surface area contributed by atoms with E-state index in [-0.39, 0.29) is 6.23 Å². The van der Waals surface area contributed by atoms with Crippen LogP contribution in [0.15, 0.2) is 6.08 Å². The zero-order chi connectivity index (χ0) is 26.8. The van der Waals surface area contributed by atoms with Crippen LogP contribution in [0.4, 0.5) is 4.79 Å². The maximum atomic E-state index is 12.3. The second-order valence-electron chi connectivity index (χ2n) is 10.7. The van der Waals surface area contributed by atoms with E-state index in [0.717, 1.165) is 43.5 Å². The fourth-order valence-electron chi connectivity index (χ4n) is 4.76. The summed E-state index contributed by atoms with van der Waals surface area (Å²) in [6.45, 7) is 9.12. The van der Waals surface area contributed by atoms with Crippen LogP contribution < -0.4 is 4.74 Å². The van der Waals surface area contributed by atoms with E-state index in [0.29, 0.717) is 30.1 Å². The first-order valence-electron chi connectivity index (χ1n) is 14.8. The second-order valence-corrected chi connectivity index (χ2v) is 11.2. The minimum absolute atomic E-state index is 0.311. The van der Waals surface area contributed by atoms with Gasteiger partial charge in [0.1, 0.15) is 12.2 Å². The standard InChI is InChI=1S/C29H52N3O4S/c1-5-7-9-11-12-13-14-15-16-18-23-35-29(33)36-25(3)32(4)21-19-20-26(24-32)27-28(31-37-30-27)34-22-17-10-8-6-2/h20,25H,5-19,21-24H2,1-4H3/q+1. The van der Waals surface area contributed by atoms with Crippen molar-refractivity contribution in [1.82, 2.24) is 8.75 Å². The van der Waals surface area contributed by atoms with Gasteiger partial charge in [0.25, 0.3) is 5.88 Å². The largest absolute Gasteiger partial charge is 0.512 e. The van der Waals surface area contributed by atoms with Crippen LogP contribution >= 0.6 is 11.7 Å². The predicted molar refractivity (Wildman–Crippen MR) is 152 cm³/mol. The predicted octanol–water partition coefficient (Wildman–Crippen LogP) is 8.15. The number of nitrogens with zero attached hydrogens (tertiary/aromatic N) is 3. The Morgan fingerprint density at radius 1 is 0.919 bits per heavy atom. The third kappa shape index (κ3) is 12.2. The summed E-state index contributed by atoms with van der Waals surface area (Å²) >= 11 is 1.19. The van der Waals surface area contributed by atoms with Crippen molar-refractivity contribution < 1.29 is 23.5 Å². The van der Waals surface area contributed by atoms with Crippen LogP contribution in [0.1, 0.15) is 123 Å². The Hall–Kier alpha value is -1.67. The first-order chi connectivity index (χ1) is 18.0. The quantitative estimate of drug-likeness (QED) is 0.0947. The average molecular weight is 539 g/mol. The van der Waals surface area contributed by atoms with E-state index >= 15 is 0 Å². The van der Waals surface area contributed by atoms with Gasteiger partial charge in [0.15, 0.2) is 0 Å². The van der Waals surface area contributed by atoms with Gasteiger partial charge in [-0.1, -0.05) is 97.0 Å². The smallest absolute Gasteiger partial charge is 0.475 e. The van der Waals surface area contributed by atoms with Crippen molar-refractivity contribution in [3.8, 4) is 5.88 Å².